The van der Waals surface area contributed by atoms with Crippen LogP contribution in [0.25, 0.3) is 0 Å². The highest BCUT2D eigenvalue weighted by Gasteiger charge is 2.10. The second kappa shape index (κ2) is 8.91. The molecule has 0 amide bonds. The van der Waals surface area contributed by atoms with Gasteiger partial charge in [-0.15, -0.1) is 0 Å². The Morgan fingerprint density at radius 2 is 1.67 bits per heavy atom. The van der Waals surface area contributed by atoms with E-state index in [1.54, 1.807) is 14.2 Å². The number of para-hydroxylation sites is 1. The van der Waals surface area contributed by atoms with Crippen LogP contribution >= 0.6 is 0 Å². The lowest BCUT2D eigenvalue weighted by Crippen LogP contribution is -2.31. The summed E-state index contributed by atoms with van der Waals surface area (Å²) in [6.07, 6.45) is 0.895. The van der Waals surface area contributed by atoms with Crippen LogP contribution in [-0.2, 0) is 15.9 Å². The summed E-state index contributed by atoms with van der Waals surface area (Å²) in [4.78, 5) is 2.29. The number of ether oxygens (including phenoxy) is 2. The van der Waals surface area contributed by atoms with E-state index in [0.717, 1.165) is 19.5 Å². The number of benzene rings is 1. The maximum Gasteiger partial charge on any atom is 0.0637 e. The van der Waals surface area contributed by atoms with E-state index in [4.69, 9.17) is 15.2 Å². The number of nitrogens with two attached hydrogens (primary N) is 1. The van der Waals surface area contributed by atoms with Gasteiger partial charge < -0.3 is 20.1 Å². The van der Waals surface area contributed by atoms with Crippen molar-refractivity contribution in [2.24, 2.45) is 5.73 Å². The van der Waals surface area contributed by atoms with Crippen molar-refractivity contribution >= 4 is 5.69 Å². The Morgan fingerprint density at radius 1 is 1.06 bits per heavy atom. The third kappa shape index (κ3) is 4.64. The molecule has 0 atom stereocenters. The minimum Gasteiger partial charge on any atom is -0.383 e. The summed E-state index contributed by atoms with van der Waals surface area (Å²) in [6.45, 7) is 3.81. The van der Waals surface area contributed by atoms with Gasteiger partial charge in [0.25, 0.3) is 0 Å². The van der Waals surface area contributed by atoms with E-state index in [0.29, 0.717) is 19.8 Å². The van der Waals surface area contributed by atoms with Crippen LogP contribution in [0.5, 0.6) is 0 Å². The minimum absolute atomic E-state index is 0.666. The van der Waals surface area contributed by atoms with Gasteiger partial charge in [0, 0.05) is 33.0 Å². The maximum absolute atomic E-state index is 5.66. The summed E-state index contributed by atoms with van der Waals surface area (Å²) in [5.74, 6) is 0. The molecular weight excluding hydrogens is 228 g/mol. The van der Waals surface area contributed by atoms with Crippen LogP contribution in [0.1, 0.15) is 5.56 Å². The largest absolute Gasteiger partial charge is 0.383 e. The molecular formula is C14H24N2O2. The summed E-state index contributed by atoms with van der Waals surface area (Å²) >= 11 is 0. The van der Waals surface area contributed by atoms with Crippen LogP contribution in [0.3, 0.4) is 0 Å². The van der Waals surface area contributed by atoms with Gasteiger partial charge in [0.1, 0.15) is 0 Å². The predicted octanol–water partition coefficient (Wildman–Crippen LogP) is 1.29. The molecule has 18 heavy (non-hydrogen) atoms. The molecule has 0 aliphatic heterocycles. The average Bonchev–Trinajstić information content (AvgIpc) is 2.40. The van der Waals surface area contributed by atoms with E-state index in [9.17, 15) is 0 Å². The highest BCUT2D eigenvalue weighted by Crippen LogP contribution is 2.20. The fraction of sp³-hybridized carbons (Fsp3) is 0.571. The molecule has 0 fully saturated rings. The number of methoxy groups -OCH3 is 2. The fourth-order valence-electron chi connectivity index (χ4n) is 1.94. The summed E-state index contributed by atoms with van der Waals surface area (Å²) in [6, 6.07) is 8.38. The minimum atomic E-state index is 0.666. The Kier molecular flexibility index (Phi) is 7.41. The van der Waals surface area contributed by atoms with Gasteiger partial charge in [0.2, 0.25) is 0 Å². The van der Waals surface area contributed by atoms with E-state index in [1.165, 1.54) is 11.3 Å². The third-order valence-electron chi connectivity index (χ3n) is 2.88. The van der Waals surface area contributed by atoms with Crippen molar-refractivity contribution in [3.05, 3.63) is 29.8 Å². The van der Waals surface area contributed by atoms with Crippen molar-refractivity contribution in [1.29, 1.82) is 0 Å². The standard InChI is InChI=1S/C14H24N2O2/c1-17-11-9-16(10-12-18-2)14-6-4-3-5-13(14)7-8-15/h3-6H,7-12,15H2,1-2H3. The van der Waals surface area contributed by atoms with Gasteiger partial charge in [-0.2, -0.15) is 0 Å². The smallest absolute Gasteiger partial charge is 0.0637 e. The Hall–Kier alpha value is -1.10. The molecule has 2 N–H and O–H groups in total. The highest BCUT2D eigenvalue weighted by atomic mass is 16.5. The van der Waals surface area contributed by atoms with E-state index < -0.39 is 0 Å². The van der Waals surface area contributed by atoms with Crippen LogP contribution in [0.2, 0.25) is 0 Å². The monoisotopic (exact) mass is 252 g/mol. The van der Waals surface area contributed by atoms with Crippen LogP contribution in [-0.4, -0.2) is 47.1 Å². The quantitative estimate of drug-likeness (QED) is 0.719. The molecule has 0 radical (unpaired) electrons. The first kappa shape index (κ1) is 15.0. The molecule has 0 saturated heterocycles. The number of nitrogens with zero attached hydrogens (tertiary/aromatic N) is 1. The topological polar surface area (TPSA) is 47.7 Å². The van der Waals surface area contributed by atoms with E-state index in [1.807, 2.05) is 0 Å². The zero-order valence-electron chi connectivity index (χ0n) is 11.4. The van der Waals surface area contributed by atoms with Crippen molar-refractivity contribution in [3.63, 3.8) is 0 Å². The molecule has 1 aromatic rings. The molecule has 0 spiro atoms. The first-order valence-electron chi connectivity index (χ1n) is 6.34. The van der Waals surface area contributed by atoms with Gasteiger partial charge in [0.05, 0.1) is 13.2 Å². The van der Waals surface area contributed by atoms with Gasteiger partial charge in [-0.25, -0.2) is 0 Å². The lowest BCUT2D eigenvalue weighted by Gasteiger charge is -2.26. The Balaban J connectivity index is 2.81. The maximum atomic E-state index is 5.66. The number of rotatable bonds is 9. The van der Waals surface area contributed by atoms with Gasteiger partial charge in [0.15, 0.2) is 0 Å². The van der Waals surface area contributed by atoms with Crippen molar-refractivity contribution in [2.75, 3.05) is 52.0 Å². The molecule has 0 aliphatic carbocycles. The number of anilines is 1. The van der Waals surface area contributed by atoms with Gasteiger partial charge in [-0.1, -0.05) is 18.2 Å². The first-order chi connectivity index (χ1) is 8.83. The van der Waals surface area contributed by atoms with Crippen molar-refractivity contribution < 1.29 is 9.47 Å². The Bertz CT molecular complexity index is 323. The zero-order chi connectivity index (χ0) is 13.2. The summed E-state index contributed by atoms with van der Waals surface area (Å²) < 4.78 is 10.3. The zero-order valence-corrected chi connectivity index (χ0v) is 11.4. The first-order valence-corrected chi connectivity index (χ1v) is 6.34. The predicted molar refractivity (Wildman–Crippen MR) is 75.2 cm³/mol. The molecule has 0 saturated carbocycles. The van der Waals surface area contributed by atoms with Gasteiger partial charge in [-0.05, 0) is 24.6 Å². The SMILES string of the molecule is COCCN(CCOC)c1ccccc1CCN. The molecule has 102 valence electrons. The lowest BCUT2D eigenvalue weighted by molar-refractivity contribution is 0.190. The van der Waals surface area contributed by atoms with Crippen molar-refractivity contribution in [1.82, 2.24) is 0 Å². The van der Waals surface area contributed by atoms with Crippen molar-refractivity contribution in [3.8, 4) is 0 Å². The summed E-state index contributed by atoms with van der Waals surface area (Å²) in [5, 5.41) is 0. The molecule has 4 nitrogen and oxygen atoms in total. The second-order valence-electron chi connectivity index (χ2n) is 4.14. The molecule has 4 heteroatoms. The summed E-state index contributed by atoms with van der Waals surface area (Å²) in [7, 11) is 3.45. The molecule has 0 unspecified atom stereocenters. The van der Waals surface area contributed by atoms with Gasteiger partial charge in [-0.3, -0.25) is 0 Å². The third-order valence-corrected chi connectivity index (χ3v) is 2.88. The van der Waals surface area contributed by atoms with Crippen LogP contribution < -0.4 is 10.6 Å². The highest BCUT2D eigenvalue weighted by molar-refractivity contribution is 5.53. The molecule has 0 bridgehead atoms. The van der Waals surface area contributed by atoms with Crippen LogP contribution in [0, 0.1) is 0 Å². The normalized spacial score (nSPS) is 10.6. The second-order valence-corrected chi connectivity index (χ2v) is 4.14. The Morgan fingerprint density at radius 3 is 2.22 bits per heavy atom. The molecule has 0 aromatic heterocycles. The fourth-order valence-corrected chi connectivity index (χ4v) is 1.94. The van der Waals surface area contributed by atoms with Crippen molar-refractivity contribution in [2.45, 2.75) is 6.42 Å². The van der Waals surface area contributed by atoms with E-state index in [2.05, 4.69) is 29.2 Å². The van der Waals surface area contributed by atoms with E-state index in [-0.39, 0.29) is 0 Å². The van der Waals surface area contributed by atoms with Crippen LogP contribution in [0.15, 0.2) is 24.3 Å². The summed E-state index contributed by atoms with van der Waals surface area (Å²) in [5.41, 5.74) is 8.18. The average molecular weight is 252 g/mol. The van der Waals surface area contributed by atoms with Gasteiger partial charge >= 0.3 is 0 Å². The molecule has 0 aliphatic rings. The Labute approximate surface area is 110 Å². The molecule has 1 aromatic carbocycles. The molecule has 1 rings (SSSR count). The molecule has 0 heterocycles. The van der Waals surface area contributed by atoms with Crippen LogP contribution in [0.4, 0.5) is 5.69 Å². The number of hydrogen-bond donors (Lipinski definition) is 1. The van der Waals surface area contributed by atoms with E-state index >= 15 is 0 Å². The number of hydrogen-bond acceptors (Lipinski definition) is 4. The lowest BCUT2D eigenvalue weighted by atomic mass is 10.1.